The molecule has 1 amide bonds. The van der Waals surface area contributed by atoms with Gasteiger partial charge in [0.2, 0.25) is 5.91 Å². The van der Waals surface area contributed by atoms with Crippen molar-refractivity contribution in [3.8, 4) is 0 Å². The zero-order valence-electron chi connectivity index (χ0n) is 11.0. The summed E-state index contributed by atoms with van der Waals surface area (Å²) in [6.45, 7) is 5.13. The maximum atomic E-state index is 12.3. The van der Waals surface area contributed by atoms with E-state index in [1.807, 2.05) is 0 Å². The number of benzene rings is 1. The lowest BCUT2D eigenvalue weighted by Crippen LogP contribution is -2.39. The Labute approximate surface area is 114 Å². The van der Waals surface area contributed by atoms with E-state index in [0.717, 1.165) is 0 Å². The van der Waals surface area contributed by atoms with Gasteiger partial charge in [0.05, 0.1) is 21.3 Å². The van der Waals surface area contributed by atoms with Crippen molar-refractivity contribution in [1.82, 2.24) is 5.32 Å². The van der Waals surface area contributed by atoms with Gasteiger partial charge in [0.25, 0.3) is 0 Å². The Morgan fingerprint density at radius 1 is 1.21 bits per heavy atom. The maximum absolute atomic E-state index is 12.3. The van der Waals surface area contributed by atoms with Gasteiger partial charge in [-0.3, -0.25) is 9.00 Å². The Bertz CT molecular complexity index is 513. The number of aromatic carboxylic acids is 1. The van der Waals surface area contributed by atoms with Gasteiger partial charge in [-0.1, -0.05) is 12.1 Å². The molecule has 0 saturated carbocycles. The number of hydrogen-bond acceptors (Lipinski definition) is 3. The minimum atomic E-state index is -1.70. The highest BCUT2D eigenvalue weighted by Gasteiger charge is 2.25. The molecule has 6 heteroatoms. The third-order valence-corrected chi connectivity index (χ3v) is 4.10. The molecule has 0 spiro atoms. The Hall–Kier alpha value is -1.69. The Kier molecular flexibility index (Phi) is 5.23. The van der Waals surface area contributed by atoms with Gasteiger partial charge in [-0.25, -0.2) is 4.79 Å². The van der Waals surface area contributed by atoms with Gasteiger partial charge >= 0.3 is 5.97 Å². The van der Waals surface area contributed by atoms with Crippen LogP contribution in [0, 0.1) is 0 Å². The molecule has 0 aliphatic carbocycles. The van der Waals surface area contributed by atoms with Crippen molar-refractivity contribution < 1.29 is 18.9 Å². The molecule has 0 bridgehead atoms. The van der Waals surface area contributed by atoms with Crippen LogP contribution in [0.5, 0.6) is 0 Å². The first-order valence-corrected chi connectivity index (χ1v) is 7.09. The Balaban J connectivity index is 3.01. The molecule has 0 saturated heterocycles. The number of hydrogen-bond donors (Lipinski definition) is 2. The minimum absolute atomic E-state index is 0.0370. The average molecular weight is 283 g/mol. The number of carbonyl (C=O) groups excluding carboxylic acids is 1. The second kappa shape index (κ2) is 6.47. The van der Waals surface area contributed by atoms with Crippen molar-refractivity contribution >= 4 is 22.7 Å². The van der Waals surface area contributed by atoms with Crippen molar-refractivity contribution in [3.05, 3.63) is 29.8 Å². The molecule has 2 atom stereocenters. The molecule has 0 aliphatic heterocycles. The molecule has 0 fully saturated rings. The first-order chi connectivity index (χ1) is 8.84. The quantitative estimate of drug-likeness (QED) is 0.855. The Morgan fingerprint density at radius 3 is 2.32 bits per heavy atom. The standard InChI is InChI=1S/C13H17NO4S/c1-8(2)14-12(15)9(3)19(18)11-7-5-4-6-10(11)13(16)17/h4-9H,1-3H3,(H,14,15)(H,16,17). The summed E-state index contributed by atoms with van der Waals surface area (Å²) in [5.41, 5.74) is -0.0370. The summed E-state index contributed by atoms with van der Waals surface area (Å²) in [7, 11) is -1.70. The zero-order chi connectivity index (χ0) is 14.6. The number of nitrogens with one attached hydrogen (secondary N) is 1. The van der Waals surface area contributed by atoms with Crippen LogP contribution in [0.2, 0.25) is 0 Å². The molecule has 0 radical (unpaired) electrons. The highest BCUT2D eigenvalue weighted by atomic mass is 32.2. The van der Waals surface area contributed by atoms with E-state index in [0.29, 0.717) is 0 Å². The topological polar surface area (TPSA) is 83.5 Å². The van der Waals surface area contributed by atoms with E-state index in [2.05, 4.69) is 5.32 Å². The molecular weight excluding hydrogens is 266 g/mol. The summed E-state index contributed by atoms with van der Waals surface area (Å²) >= 11 is 0. The minimum Gasteiger partial charge on any atom is -0.478 e. The van der Waals surface area contributed by atoms with Crippen molar-refractivity contribution in [2.24, 2.45) is 0 Å². The first-order valence-electron chi connectivity index (χ1n) is 5.88. The van der Waals surface area contributed by atoms with Gasteiger partial charge in [0.15, 0.2) is 0 Å². The summed E-state index contributed by atoms with van der Waals surface area (Å²) in [5, 5.41) is 10.9. The van der Waals surface area contributed by atoms with Crippen LogP contribution in [0.15, 0.2) is 29.2 Å². The molecule has 0 aliphatic rings. The second-order valence-corrected chi connectivity index (χ2v) is 6.15. The third-order valence-electron chi connectivity index (χ3n) is 2.46. The fraction of sp³-hybridized carbons (Fsp3) is 0.385. The van der Waals surface area contributed by atoms with Crippen molar-refractivity contribution in [2.45, 2.75) is 37.0 Å². The van der Waals surface area contributed by atoms with Crippen LogP contribution in [0.4, 0.5) is 0 Å². The van der Waals surface area contributed by atoms with Crippen molar-refractivity contribution in [1.29, 1.82) is 0 Å². The summed E-state index contributed by atoms with van der Waals surface area (Å²) in [6.07, 6.45) is 0. The lowest BCUT2D eigenvalue weighted by atomic mass is 10.2. The molecule has 0 aromatic heterocycles. The summed E-state index contributed by atoms with van der Waals surface area (Å²) in [6, 6.07) is 5.96. The van der Waals surface area contributed by atoms with E-state index < -0.39 is 22.0 Å². The molecule has 2 N–H and O–H groups in total. The van der Waals surface area contributed by atoms with E-state index in [-0.39, 0.29) is 22.4 Å². The van der Waals surface area contributed by atoms with Crippen molar-refractivity contribution in [2.75, 3.05) is 0 Å². The van der Waals surface area contributed by atoms with E-state index in [9.17, 15) is 13.8 Å². The highest BCUT2D eigenvalue weighted by Crippen LogP contribution is 2.17. The van der Waals surface area contributed by atoms with Gasteiger partial charge in [-0.05, 0) is 32.9 Å². The van der Waals surface area contributed by atoms with Crippen LogP contribution in [0.1, 0.15) is 31.1 Å². The van der Waals surface area contributed by atoms with Crippen molar-refractivity contribution in [3.63, 3.8) is 0 Å². The monoisotopic (exact) mass is 283 g/mol. The summed E-state index contributed by atoms with van der Waals surface area (Å²) < 4.78 is 12.3. The fourth-order valence-corrected chi connectivity index (χ4v) is 2.74. The van der Waals surface area contributed by atoms with E-state index in [4.69, 9.17) is 5.11 Å². The smallest absolute Gasteiger partial charge is 0.336 e. The first kappa shape index (κ1) is 15.4. The SMILES string of the molecule is CC(C)NC(=O)C(C)S(=O)c1ccccc1C(=O)O. The van der Waals surface area contributed by atoms with Gasteiger partial charge in [-0.2, -0.15) is 0 Å². The van der Waals surface area contributed by atoms with E-state index >= 15 is 0 Å². The van der Waals surface area contributed by atoms with Crippen LogP contribution in [-0.4, -0.2) is 32.5 Å². The fourth-order valence-electron chi connectivity index (χ4n) is 1.51. The zero-order valence-corrected chi connectivity index (χ0v) is 11.9. The van der Waals surface area contributed by atoms with Crippen LogP contribution in [0.25, 0.3) is 0 Å². The number of amides is 1. The van der Waals surface area contributed by atoms with Crippen LogP contribution >= 0.6 is 0 Å². The summed E-state index contributed by atoms with van der Waals surface area (Å²) in [4.78, 5) is 23.0. The average Bonchev–Trinajstić information content (AvgIpc) is 2.36. The van der Waals surface area contributed by atoms with Gasteiger partial charge in [0, 0.05) is 6.04 Å². The number of carbonyl (C=O) groups is 2. The molecule has 1 aromatic rings. The number of carboxylic acids is 1. The predicted molar refractivity (Wildman–Crippen MR) is 72.6 cm³/mol. The lowest BCUT2D eigenvalue weighted by molar-refractivity contribution is -0.120. The van der Waals surface area contributed by atoms with Crippen LogP contribution in [-0.2, 0) is 15.6 Å². The molecule has 0 heterocycles. The van der Waals surface area contributed by atoms with Gasteiger partial charge in [-0.15, -0.1) is 0 Å². The summed E-state index contributed by atoms with van der Waals surface area (Å²) in [5.74, 6) is -1.51. The lowest BCUT2D eigenvalue weighted by Gasteiger charge is -2.15. The molecular formula is C13H17NO4S. The maximum Gasteiger partial charge on any atom is 0.336 e. The van der Waals surface area contributed by atoms with Crippen LogP contribution < -0.4 is 5.32 Å². The van der Waals surface area contributed by atoms with Gasteiger partial charge in [0.1, 0.15) is 5.25 Å². The molecule has 19 heavy (non-hydrogen) atoms. The Morgan fingerprint density at radius 2 is 1.79 bits per heavy atom. The molecule has 5 nitrogen and oxygen atoms in total. The van der Waals surface area contributed by atoms with Crippen LogP contribution in [0.3, 0.4) is 0 Å². The van der Waals surface area contributed by atoms with E-state index in [1.165, 1.54) is 19.1 Å². The highest BCUT2D eigenvalue weighted by molar-refractivity contribution is 7.86. The van der Waals surface area contributed by atoms with E-state index in [1.54, 1.807) is 26.0 Å². The molecule has 104 valence electrons. The molecule has 1 rings (SSSR count). The third kappa shape index (κ3) is 3.89. The second-order valence-electron chi connectivity index (χ2n) is 4.40. The predicted octanol–water partition coefficient (Wildman–Crippen LogP) is 1.41. The number of carboxylic acid groups (broad SMARTS) is 1. The normalized spacial score (nSPS) is 13.9. The molecule has 2 unspecified atom stereocenters. The largest absolute Gasteiger partial charge is 0.478 e. The van der Waals surface area contributed by atoms with Gasteiger partial charge < -0.3 is 10.4 Å². The molecule has 1 aromatic carbocycles. The number of rotatable bonds is 5.